The molecular formula is C14H24N2O2. The molecule has 1 aliphatic heterocycles. The van der Waals surface area contributed by atoms with Crippen LogP contribution in [0.25, 0.3) is 0 Å². The molecule has 1 aliphatic carbocycles. The summed E-state index contributed by atoms with van der Waals surface area (Å²) < 4.78 is 5.12. The standard InChI is InChI=1S/C14H24N2O2/c1-18-10-11-5-7-16(8-6-11)14(17)13-4-2-3-12(13)9-15/h5,12-13H,2-4,6-10,15H2,1H3. The van der Waals surface area contributed by atoms with E-state index in [9.17, 15) is 4.79 Å². The molecule has 4 nitrogen and oxygen atoms in total. The van der Waals surface area contributed by atoms with Crippen LogP contribution in [0.15, 0.2) is 11.6 Å². The number of methoxy groups -OCH3 is 1. The first-order valence-electron chi connectivity index (χ1n) is 6.92. The van der Waals surface area contributed by atoms with Gasteiger partial charge < -0.3 is 15.4 Å². The molecule has 102 valence electrons. The van der Waals surface area contributed by atoms with Gasteiger partial charge in [-0.05, 0) is 37.3 Å². The number of rotatable bonds is 4. The monoisotopic (exact) mass is 252 g/mol. The molecule has 0 bridgehead atoms. The zero-order valence-corrected chi connectivity index (χ0v) is 11.2. The molecule has 0 aromatic rings. The van der Waals surface area contributed by atoms with Crippen LogP contribution in [0, 0.1) is 11.8 Å². The molecule has 0 spiro atoms. The van der Waals surface area contributed by atoms with Crippen molar-refractivity contribution >= 4 is 5.91 Å². The molecule has 1 fully saturated rings. The summed E-state index contributed by atoms with van der Waals surface area (Å²) >= 11 is 0. The summed E-state index contributed by atoms with van der Waals surface area (Å²) in [5.41, 5.74) is 7.06. The molecule has 2 rings (SSSR count). The quantitative estimate of drug-likeness (QED) is 0.764. The van der Waals surface area contributed by atoms with E-state index in [0.29, 0.717) is 25.0 Å². The van der Waals surface area contributed by atoms with E-state index in [0.717, 1.165) is 38.8 Å². The number of hydrogen-bond acceptors (Lipinski definition) is 3. The predicted molar refractivity (Wildman–Crippen MR) is 71.0 cm³/mol. The van der Waals surface area contributed by atoms with E-state index in [4.69, 9.17) is 10.5 Å². The number of carbonyl (C=O) groups excluding carboxylic acids is 1. The average Bonchev–Trinajstić information content (AvgIpc) is 2.87. The van der Waals surface area contributed by atoms with Crippen LogP contribution in [0.3, 0.4) is 0 Å². The molecule has 0 aromatic carbocycles. The van der Waals surface area contributed by atoms with Crippen molar-refractivity contribution in [3.8, 4) is 0 Å². The highest BCUT2D eigenvalue weighted by atomic mass is 16.5. The fourth-order valence-electron chi connectivity index (χ4n) is 3.11. The topological polar surface area (TPSA) is 55.6 Å². The van der Waals surface area contributed by atoms with Crippen molar-refractivity contribution in [1.82, 2.24) is 4.90 Å². The van der Waals surface area contributed by atoms with Crippen molar-refractivity contribution in [3.05, 3.63) is 11.6 Å². The summed E-state index contributed by atoms with van der Waals surface area (Å²) in [6, 6.07) is 0. The minimum absolute atomic E-state index is 0.173. The molecule has 2 unspecified atom stereocenters. The Hall–Kier alpha value is -0.870. The van der Waals surface area contributed by atoms with Crippen molar-refractivity contribution in [1.29, 1.82) is 0 Å². The van der Waals surface area contributed by atoms with Crippen LogP contribution in [0.5, 0.6) is 0 Å². The highest BCUT2D eigenvalue weighted by molar-refractivity contribution is 5.79. The van der Waals surface area contributed by atoms with E-state index in [2.05, 4.69) is 6.08 Å². The first-order valence-corrected chi connectivity index (χ1v) is 6.92. The van der Waals surface area contributed by atoms with Gasteiger partial charge in [0.15, 0.2) is 0 Å². The SMILES string of the molecule is COCC1=CCN(C(=O)C2CCCC2CN)CC1. The number of carbonyl (C=O) groups is 1. The van der Waals surface area contributed by atoms with Crippen molar-refractivity contribution in [2.75, 3.05) is 33.4 Å². The summed E-state index contributed by atoms with van der Waals surface area (Å²) in [6.07, 6.45) is 6.37. The van der Waals surface area contributed by atoms with Gasteiger partial charge in [-0.25, -0.2) is 0 Å². The Morgan fingerprint density at radius 1 is 1.56 bits per heavy atom. The summed E-state index contributed by atoms with van der Waals surface area (Å²) in [5, 5.41) is 0. The second-order valence-electron chi connectivity index (χ2n) is 5.36. The van der Waals surface area contributed by atoms with E-state index in [-0.39, 0.29) is 5.92 Å². The third-order valence-corrected chi connectivity index (χ3v) is 4.22. The maximum absolute atomic E-state index is 12.4. The molecule has 18 heavy (non-hydrogen) atoms. The van der Waals surface area contributed by atoms with Gasteiger partial charge in [0.2, 0.25) is 5.91 Å². The van der Waals surface area contributed by atoms with E-state index in [1.165, 1.54) is 5.57 Å². The van der Waals surface area contributed by atoms with Gasteiger partial charge in [0.05, 0.1) is 6.61 Å². The predicted octanol–water partition coefficient (Wildman–Crippen LogP) is 1.17. The summed E-state index contributed by atoms with van der Waals surface area (Å²) in [7, 11) is 1.71. The number of hydrogen-bond donors (Lipinski definition) is 1. The van der Waals surface area contributed by atoms with Crippen molar-refractivity contribution < 1.29 is 9.53 Å². The highest BCUT2D eigenvalue weighted by Gasteiger charge is 2.34. The van der Waals surface area contributed by atoms with E-state index in [1.807, 2.05) is 4.90 Å². The maximum atomic E-state index is 12.4. The van der Waals surface area contributed by atoms with Crippen LogP contribution in [0.4, 0.5) is 0 Å². The van der Waals surface area contributed by atoms with Gasteiger partial charge in [0, 0.05) is 26.1 Å². The van der Waals surface area contributed by atoms with E-state index in [1.54, 1.807) is 7.11 Å². The molecule has 0 saturated heterocycles. The lowest BCUT2D eigenvalue weighted by Gasteiger charge is -2.30. The van der Waals surface area contributed by atoms with Gasteiger partial charge in [-0.3, -0.25) is 4.79 Å². The minimum atomic E-state index is 0.173. The number of nitrogens with two attached hydrogens (primary N) is 1. The Bertz CT molecular complexity index is 328. The van der Waals surface area contributed by atoms with Crippen molar-refractivity contribution in [2.45, 2.75) is 25.7 Å². The normalized spacial score (nSPS) is 28.3. The van der Waals surface area contributed by atoms with Crippen LogP contribution in [0.1, 0.15) is 25.7 Å². The van der Waals surface area contributed by atoms with Crippen LogP contribution < -0.4 is 5.73 Å². The average molecular weight is 252 g/mol. The van der Waals surface area contributed by atoms with E-state index >= 15 is 0 Å². The zero-order valence-electron chi connectivity index (χ0n) is 11.2. The largest absolute Gasteiger partial charge is 0.380 e. The lowest BCUT2D eigenvalue weighted by atomic mass is 9.94. The molecule has 1 saturated carbocycles. The zero-order chi connectivity index (χ0) is 13.0. The fraction of sp³-hybridized carbons (Fsp3) is 0.786. The lowest BCUT2D eigenvalue weighted by Crippen LogP contribution is -2.41. The van der Waals surface area contributed by atoms with Crippen LogP contribution in [0.2, 0.25) is 0 Å². The Balaban J connectivity index is 1.91. The first kappa shape index (κ1) is 13.6. The molecule has 1 heterocycles. The Morgan fingerprint density at radius 3 is 3.00 bits per heavy atom. The van der Waals surface area contributed by atoms with Gasteiger partial charge in [0.1, 0.15) is 0 Å². The molecule has 0 aromatic heterocycles. The lowest BCUT2D eigenvalue weighted by molar-refractivity contribution is -0.136. The van der Waals surface area contributed by atoms with Gasteiger partial charge in [-0.2, -0.15) is 0 Å². The summed E-state index contributed by atoms with van der Waals surface area (Å²) in [5.74, 6) is 0.893. The number of nitrogens with zero attached hydrogens (tertiary/aromatic N) is 1. The molecule has 2 N–H and O–H groups in total. The van der Waals surface area contributed by atoms with Gasteiger partial charge in [-0.1, -0.05) is 12.5 Å². The third-order valence-electron chi connectivity index (χ3n) is 4.22. The molecule has 2 aliphatic rings. The van der Waals surface area contributed by atoms with Gasteiger partial charge in [-0.15, -0.1) is 0 Å². The smallest absolute Gasteiger partial charge is 0.226 e. The van der Waals surface area contributed by atoms with Crippen molar-refractivity contribution in [2.24, 2.45) is 17.6 Å². The minimum Gasteiger partial charge on any atom is -0.380 e. The van der Waals surface area contributed by atoms with Crippen molar-refractivity contribution in [3.63, 3.8) is 0 Å². The molecule has 0 radical (unpaired) electrons. The second kappa shape index (κ2) is 6.34. The molecule has 1 amide bonds. The molecular weight excluding hydrogens is 228 g/mol. The Kier molecular flexibility index (Phi) is 4.78. The van der Waals surface area contributed by atoms with E-state index < -0.39 is 0 Å². The summed E-state index contributed by atoms with van der Waals surface area (Å²) in [6.45, 7) is 2.92. The third kappa shape index (κ3) is 2.93. The van der Waals surface area contributed by atoms with Crippen LogP contribution in [-0.2, 0) is 9.53 Å². The maximum Gasteiger partial charge on any atom is 0.226 e. The first-order chi connectivity index (χ1) is 8.76. The van der Waals surface area contributed by atoms with Crippen LogP contribution >= 0.6 is 0 Å². The van der Waals surface area contributed by atoms with Gasteiger partial charge in [0.25, 0.3) is 0 Å². The molecule has 4 heteroatoms. The Morgan fingerprint density at radius 2 is 2.39 bits per heavy atom. The van der Waals surface area contributed by atoms with Crippen LogP contribution in [-0.4, -0.2) is 44.2 Å². The number of amides is 1. The van der Waals surface area contributed by atoms with Gasteiger partial charge >= 0.3 is 0 Å². The summed E-state index contributed by atoms with van der Waals surface area (Å²) in [4.78, 5) is 14.4. The molecule has 2 atom stereocenters. The second-order valence-corrected chi connectivity index (χ2v) is 5.36. The number of ether oxygens (including phenoxy) is 1. The highest BCUT2D eigenvalue weighted by Crippen LogP contribution is 2.32. The fourth-order valence-corrected chi connectivity index (χ4v) is 3.11. The Labute approximate surface area is 109 Å².